The first kappa shape index (κ1) is 14.8. The first-order chi connectivity index (χ1) is 9.43. The molecule has 0 amide bonds. The molecule has 0 atom stereocenters. The Morgan fingerprint density at radius 1 is 1.50 bits per heavy atom. The van der Waals surface area contributed by atoms with Crippen LogP contribution in [0.25, 0.3) is 0 Å². The van der Waals surface area contributed by atoms with Crippen LogP contribution in [0.5, 0.6) is 0 Å². The van der Waals surface area contributed by atoms with Gasteiger partial charge in [-0.3, -0.25) is 4.90 Å². The van der Waals surface area contributed by atoms with Gasteiger partial charge in [0.05, 0.1) is 24.9 Å². The number of nitrogens with zero attached hydrogens (tertiary/aromatic N) is 1. The Morgan fingerprint density at radius 2 is 2.25 bits per heavy atom. The number of esters is 1. The Labute approximate surface area is 119 Å². The average Bonchev–Trinajstić information content (AvgIpc) is 2.37. The van der Waals surface area contributed by atoms with Gasteiger partial charge in [0.1, 0.15) is 0 Å². The second-order valence-corrected chi connectivity index (χ2v) is 5.69. The number of carbonyl (C=O) groups is 1. The number of nitrogen functional groups attached to an aromatic ring is 1. The van der Waals surface area contributed by atoms with Crippen LogP contribution < -0.4 is 5.73 Å². The normalized spacial score (nSPS) is 18.8. The molecular weight excluding hydrogens is 256 g/mol. The summed E-state index contributed by atoms with van der Waals surface area (Å²) in [6.07, 6.45) is 0. The zero-order valence-electron chi connectivity index (χ0n) is 12.3. The fourth-order valence-electron chi connectivity index (χ4n) is 2.59. The summed E-state index contributed by atoms with van der Waals surface area (Å²) < 4.78 is 10.5. The van der Waals surface area contributed by atoms with Gasteiger partial charge in [0, 0.05) is 25.3 Å². The number of hydrogen-bond donors (Lipinski definition) is 1. The lowest BCUT2D eigenvalue weighted by Gasteiger charge is -2.38. The maximum absolute atomic E-state index is 11.9. The monoisotopic (exact) mass is 278 g/mol. The first-order valence-corrected chi connectivity index (χ1v) is 6.75. The summed E-state index contributed by atoms with van der Waals surface area (Å²) in [4.78, 5) is 14.1. The lowest BCUT2D eigenvalue weighted by atomic mass is 10.0. The van der Waals surface area contributed by atoms with Crippen LogP contribution in [-0.2, 0) is 16.0 Å². The third-order valence-electron chi connectivity index (χ3n) is 3.47. The van der Waals surface area contributed by atoms with E-state index in [1.54, 1.807) is 6.07 Å². The molecule has 0 aliphatic carbocycles. The molecule has 1 aromatic carbocycles. The molecule has 1 saturated heterocycles. The quantitative estimate of drug-likeness (QED) is 0.673. The zero-order chi connectivity index (χ0) is 14.8. The number of morpholine rings is 1. The average molecular weight is 278 g/mol. The van der Waals surface area contributed by atoms with Crippen molar-refractivity contribution in [3.63, 3.8) is 0 Å². The second kappa shape index (κ2) is 5.81. The van der Waals surface area contributed by atoms with E-state index in [1.807, 2.05) is 12.1 Å². The highest BCUT2D eigenvalue weighted by Crippen LogP contribution is 2.23. The molecule has 5 heteroatoms. The van der Waals surface area contributed by atoms with Gasteiger partial charge in [-0.1, -0.05) is 12.1 Å². The Hall–Kier alpha value is -1.59. The molecule has 0 spiro atoms. The second-order valence-electron chi connectivity index (χ2n) is 5.69. The predicted molar refractivity (Wildman–Crippen MR) is 77.5 cm³/mol. The summed E-state index contributed by atoms with van der Waals surface area (Å²) in [6, 6.07) is 5.51. The fourth-order valence-corrected chi connectivity index (χ4v) is 2.59. The van der Waals surface area contributed by atoms with Crippen molar-refractivity contribution in [3.8, 4) is 0 Å². The molecule has 1 aliphatic heterocycles. The van der Waals surface area contributed by atoms with Gasteiger partial charge in [-0.15, -0.1) is 0 Å². The number of hydrogen-bond acceptors (Lipinski definition) is 5. The zero-order valence-corrected chi connectivity index (χ0v) is 12.3. The molecule has 0 unspecified atom stereocenters. The molecule has 0 radical (unpaired) electrons. The highest BCUT2D eigenvalue weighted by Gasteiger charge is 2.28. The fraction of sp³-hybridized carbons (Fsp3) is 0.533. The van der Waals surface area contributed by atoms with Gasteiger partial charge in [0.15, 0.2) is 0 Å². The molecular formula is C15H22N2O3. The van der Waals surface area contributed by atoms with Gasteiger partial charge < -0.3 is 15.2 Å². The van der Waals surface area contributed by atoms with Crippen molar-refractivity contribution in [2.75, 3.05) is 32.5 Å². The van der Waals surface area contributed by atoms with Gasteiger partial charge in [-0.25, -0.2) is 4.79 Å². The SMILES string of the molecule is COC(=O)c1c(N)cccc1CN1CCOC(C)(C)C1. The van der Waals surface area contributed by atoms with E-state index in [0.29, 0.717) is 24.4 Å². The number of rotatable bonds is 3. The van der Waals surface area contributed by atoms with E-state index in [2.05, 4.69) is 18.7 Å². The van der Waals surface area contributed by atoms with Crippen LogP contribution in [0.4, 0.5) is 5.69 Å². The standard InChI is InChI=1S/C15H22N2O3/c1-15(2)10-17(7-8-20-15)9-11-5-4-6-12(16)13(11)14(18)19-3/h4-6H,7-10,16H2,1-3H3. The van der Waals surface area contributed by atoms with E-state index in [-0.39, 0.29) is 11.6 Å². The number of anilines is 1. The Kier molecular flexibility index (Phi) is 4.30. The van der Waals surface area contributed by atoms with E-state index in [9.17, 15) is 4.79 Å². The van der Waals surface area contributed by atoms with E-state index in [0.717, 1.165) is 18.7 Å². The van der Waals surface area contributed by atoms with Gasteiger partial charge >= 0.3 is 5.97 Å². The van der Waals surface area contributed by atoms with E-state index >= 15 is 0 Å². The van der Waals surface area contributed by atoms with Crippen molar-refractivity contribution in [1.82, 2.24) is 4.90 Å². The van der Waals surface area contributed by atoms with Crippen LogP contribution in [-0.4, -0.2) is 43.3 Å². The third-order valence-corrected chi connectivity index (χ3v) is 3.47. The summed E-state index contributed by atoms with van der Waals surface area (Å²) in [6.45, 7) is 7.17. The smallest absolute Gasteiger partial charge is 0.340 e. The molecule has 1 heterocycles. The topological polar surface area (TPSA) is 64.8 Å². The van der Waals surface area contributed by atoms with Crippen molar-refractivity contribution in [2.24, 2.45) is 0 Å². The summed E-state index contributed by atoms with van der Waals surface area (Å²) in [7, 11) is 1.37. The van der Waals surface area contributed by atoms with Crippen molar-refractivity contribution in [2.45, 2.75) is 26.0 Å². The molecule has 2 rings (SSSR count). The summed E-state index contributed by atoms with van der Waals surface area (Å²) >= 11 is 0. The van der Waals surface area contributed by atoms with Crippen LogP contribution in [0.3, 0.4) is 0 Å². The first-order valence-electron chi connectivity index (χ1n) is 6.75. The van der Waals surface area contributed by atoms with Crippen molar-refractivity contribution in [1.29, 1.82) is 0 Å². The minimum Gasteiger partial charge on any atom is -0.465 e. The maximum Gasteiger partial charge on any atom is 0.340 e. The molecule has 1 aliphatic rings. The molecule has 5 nitrogen and oxygen atoms in total. The van der Waals surface area contributed by atoms with E-state index in [4.69, 9.17) is 15.2 Å². The molecule has 1 fully saturated rings. The summed E-state index contributed by atoms with van der Waals surface area (Å²) in [5.74, 6) is -0.384. The lowest BCUT2D eigenvalue weighted by molar-refractivity contribution is -0.0882. The van der Waals surface area contributed by atoms with Crippen LogP contribution in [0.2, 0.25) is 0 Å². The predicted octanol–water partition coefficient (Wildman–Crippen LogP) is 1.67. The molecule has 1 aromatic rings. The highest BCUT2D eigenvalue weighted by atomic mass is 16.5. The molecule has 110 valence electrons. The molecule has 20 heavy (non-hydrogen) atoms. The highest BCUT2D eigenvalue weighted by molar-refractivity contribution is 5.96. The van der Waals surface area contributed by atoms with Crippen LogP contribution in [0, 0.1) is 0 Å². The largest absolute Gasteiger partial charge is 0.465 e. The van der Waals surface area contributed by atoms with Crippen molar-refractivity contribution in [3.05, 3.63) is 29.3 Å². The van der Waals surface area contributed by atoms with Crippen LogP contribution >= 0.6 is 0 Å². The minimum atomic E-state index is -0.384. The Morgan fingerprint density at radius 3 is 2.90 bits per heavy atom. The van der Waals surface area contributed by atoms with Gasteiger partial charge in [0.25, 0.3) is 0 Å². The van der Waals surface area contributed by atoms with Crippen molar-refractivity contribution < 1.29 is 14.3 Å². The van der Waals surface area contributed by atoms with Crippen LogP contribution in [0.1, 0.15) is 29.8 Å². The number of methoxy groups -OCH3 is 1. The number of ether oxygens (including phenoxy) is 2. The maximum atomic E-state index is 11.9. The van der Waals surface area contributed by atoms with Crippen LogP contribution in [0.15, 0.2) is 18.2 Å². The molecule has 2 N–H and O–H groups in total. The molecule has 0 aromatic heterocycles. The third kappa shape index (κ3) is 3.29. The summed E-state index contributed by atoms with van der Waals surface area (Å²) in [5, 5.41) is 0. The van der Waals surface area contributed by atoms with Gasteiger partial charge in [-0.2, -0.15) is 0 Å². The van der Waals surface area contributed by atoms with Gasteiger partial charge in [-0.05, 0) is 25.5 Å². The van der Waals surface area contributed by atoms with E-state index < -0.39 is 0 Å². The minimum absolute atomic E-state index is 0.163. The summed E-state index contributed by atoms with van der Waals surface area (Å²) in [5.41, 5.74) is 7.58. The molecule has 0 saturated carbocycles. The van der Waals surface area contributed by atoms with Crippen molar-refractivity contribution >= 4 is 11.7 Å². The van der Waals surface area contributed by atoms with E-state index in [1.165, 1.54) is 7.11 Å². The number of benzene rings is 1. The Bertz CT molecular complexity index is 500. The number of carbonyl (C=O) groups excluding carboxylic acids is 1. The van der Waals surface area contributed by atoms with Gasteiger partial charge in [0.2, 0.25) is 0 Å². The number of nitrogens with two attached hydrogens (primary N) is 1. The lowest BCUT2D eigenvalue weighted by Crippen LogP contribution is -2.47. The Balaban J connectivity index is 2.21. The molecule has 0 bridgehead atoms.